The Hall–Kier alpha value is -1.99. The van der Waals surface area contributed by atoms with Crippen LogP contribution in [0.3, 0.4) is 0 Å². The summed E-state index contributed by atoms with van der Waals surface area (Å²) < 4.78 is 18.7. The molecule has 120 valence electrons. The lowest BCUT2D eigenvalue weighted by atomic mass is 10.3. The number of ether oxygens (including phenoxy) is 1. The average Bonchev–Trinajstić information content (AvgIpc) is 3.01. The first kappa shape index (κ1) is 15.9. The molecule has 0 radical (unpaired) electrons. The summed E-state index contributed by atoms with van der Waals surface area (Å²) >= 11 is 3.16. The second-order valence-electron chi connectivity index (χ2n) is 5.04. The molecule has 0 saturated heterocycles. The van der Waals surface area contributed by atoms with Gasteiger partial charge in [-0.05, 0) is 32.9 Å². The van der Waals surface area contributed by atoms with E-state index in [1.165, 1.54) is 23.5 Å². The third-order valence-corrected chi connectivity index (χ3v) is 5.28. The van der Waals surface area contributed by atoms with E-state index in [-0.39, 0.29) is 5.82 Å². The molecule has 7 heteroatoms. The highest BCUT2D eigenvalue weighted by Crippen LogP contribution is 2.37. The zero-order valence-corrected chi connectivity index (χ0v) is 14.9. The smallest absolute Gasteiger partial charge is 0.188 e. The van der Waals surface area contributed by atoms with Crippen LogP contribution in [0.5, 0.6) is 5.75 Å². The first-order valence-electron chi connectivity index (χ1n) is 7.00. The summed E-state index contributed by atoms with van der Waals surface area (Å²) in [6.07, 6.45) is 0. The Labute approximate surface area is 142 Å². The van der Waals surface area contributed by atoms with Crippen LogP contribution in [0, 0.1) is 26.6 Å². The SMILES string of the molecule is COc1ccc(F)cc1Nc1nc(-c2sc(C)nc2C)c(C)s1. The van der Waals surface area contributed by atoms with Gasteiger partial charge in [0.05, 0.1) is 34.1 Å². The highest BCUT2D eigenvalue weighted by molar-refractivity contribution is 7.18. The van der Waals surface area contributed by atoms with Crippen LogP contribution in [0.2, 0.25) is 0 Å². The number of rotatable bonds is 4. The normalized spacial score (nSPS) is 10.8. The van der Waals surface area contributed by atoms with Gasteiger partial charge in [0.1, 0.15) is 11.6 Å². The minimum atomic E-state index is -0.323. The van der Waals surface area contributed by atoms with Crippen LogP contribution >= 0.6 is 22.7 Å². The second-order valence-corrected chi connectivity index (χ2v) is 7.45. The van der Waals surface area contributed by atoms with Crippen LogP contribution < -0.4 is 10.1 Å². The fraction of sp³-hybridized carbons (Fsp3) is 0.250. The Balaban J connectivity index is 1.96. The quantitative estimate of drug-likeness (QED) is 0.713. The van der Waals surface area contributed by atoms with Crippen LogP contribution in [0.4, 0.5) is 15.2 Å². The number of halogens is 1. The Morgan fingerprint density at radius 1 is 1.13 bits per heavy atom. The van der Waals surface area contributed by atoms with Crippen molar-refractivity contribution in [2.75, 3.05) is 12.4 Å². The van der Waals surface area contributed by atoms with E-state index in [0.717, 1.165) is 26.1 Å². The number of thiazole rings is 2. The van der Waals surface area contributed by atoms with E-state index in [2.05, 4.69) is 15.3 Å². The average molecular weight is 349 g/mol. The summed E-state index contributed by atoms with van der Waals surface area (Å²) in [4.78, 5) is 11.3. The Morgan fingerprint density at radius 3 is 2.57 bits per heavy atom. The summed E-state index contributed by atoms with van der Waals surface area (Å²) in [6.45, 7) is 6.00. The maximum Gasteiger partial charge on any atom is 0.188 e. The number of aryl methyl sites for hydroxylation is 3. The summed E-state index contributed by atoms with van der Waals surface area (Å²) in [6, 6.07) is 4.36. The van der Waals surface area contributed by atoms with Crippen LogP contribution in [0.25, 0.3) is 10.6 Å². The van der Waals surface area contributed by atoms with E-state index in [1.54, 1.807) is 24.5 Å². The number of aromatic nitrogens is 2. The van der Waals surface area contributed by atoms with E-state index in [1.807, 2.05) is 20.8 Å². The second kappa shape index (κ2) is 6.25. The summed E-state index contributed by atoms with van der Waals surface area (Å²) in [5.74, 6) is 0.251. The number of methoxy groups -OCH3 is 1. The molecule has 3 aromatic rings. The fourth-order valence-electron chi connectivity index (χ4n) is 2.30. The van der Waals surface area contributed by atoms with E-state index >= 15 is 0 Å². The zero-order chi connectivity index (χ0) is 16.6. The van der Waals surface area contributed by atoms with Gasteiger partial charge in [-0.25, -0.2) is 14.4 Å². The van der Waals surface area contributed by atoms with Gasteiger partial charge in [-0.1, -0.05) is 0 Å². The van der Waals surface area contributed by atoms with Gasteiger partial charge < -0.3 is 10.1 Å². The highest BCUT2D eigenvalue weighted by Gasteiger charge is 2.16. The van der Waals surface area contributed by atoms with Gasteiger partial charge in [-0.3, -0.25) is 0 Å². The highest BCUT2D eigenvalue weighted by atomic mass is 32.1. The molecule has 0 spiro atoms. The molecule has 3 rings (SSSR count). The molecule has 2 heterocycles. The molecule has 0 atom stereocenters. The predicted molar refractivity (Wildman–Crippen MR) is 93.7 cm³/mol. The molecule has 0 amide bonds. The van der Waals surface area contributed by atoms with Crippen LogP contribution in [-0.4, -0.2) is 17.1 Å². The third-order valence-electron chi connectivity index (χ3n) is 3.32. The standard InChI is InChI=1S/C16H16FN3OS2/c1-8-15(23-10(3)18-8)14-9(2)22-16(20-14)19-12-7-11(17)5-6-13(12)21-4/h5-7H,1-4H3,(H,19,20). The molecule has 4 nitrogen and oxygen atoms in total. The van der Waals surface area contributed by atoms with Crippen molar-refractivity contribution in [2.24, 2.45) is 0 Å². The molecule has 23 heavy (non-hydrogen) atoms. The van der Waals surface area contributed by atoms with Gasteiger partial charge in [0, 0.05) is 10.9 Å². The largest absolute Gasteiger partial charge is 0.495 e. The van der Waals surface area contributed by atoms with Gasteiger partial charge in [0.15, 0.2) is 5.13 Å². The van der Waals surface area contributed by atoms with Crippen molar-refractivity contribution in [3.8, 4) is 16.3 Å². The number of benzene rings is 1. The van der Waals surface area contributed by atoms with E-state index in [4.69, 9.17) is 4.74 Å². The Bertz CT molecular complexity index is 857. The number of nitrogens with one attached hydrogen (secondary N) is 1. The molecule has 0 aliphatic carbocycles. The Kier molecular flexibility index (Phi) is 4.32. The lowest BCUT2D eigenvalue weighted by Gasteiger charge is -2.08. The molecule has 2 aromatic heterocycles. The molecule has 0 saturated carbocycles. The summed E-state index contributed by atoms with van der Waals surface area (Å²) in [5, 5.41) is 4.87. The van der Waals surface area contributed by atoms with E-state index in [9.17, 15) is 4.39 Å². The van der Waals surface area contributed by atoms with Crippen molar-refractivity contribution in [3.63, 3.8) is 0 Å². The van der Waals surface area contributed by atoms with Crippen molar-refractivity contribution in [1.29, 1.82) is 0 Å². The van der Waals surface area contributed by atoms with Gasteiger partial charge >= 0.3 is 0 Å². The topological polar surface area (TPSA) is 47.0 Å². The van der Waals surface area contributed by atoms with E-state index < -0.39 is 0 Å². The van der Waals surface area contributed by atoms with Crippen molar-refractivity contribution in [2.45, 2.75) is 20.8 Å². The van der Waals surface area contributed by atoms with Crippen molar-refractivity contribution in [3.05, 3.63) is 39.6 Å². The van der Waals surface area contributed by atoms with Crippen molar-refractivity contribution < 1.29 is 9.13 Å². The number of anilines is 2. The summed E-state index contributed by atoms with van der Waals surface area (Å²) in [7, 11) is 1.56. The number of hydrogen-bond donors (Lipinski definition) is 1. The molecule has 1 aromatic carbocycles. The molecule has 1 N–H and O–H groups in total. The lowest BCUT2D eigenvalue weighted by Crippen LogP contribution is -1.95. The Morgan fingerprint density at radius 2 is 1.91 bits per heavy atom. The number of hydrogen-bond acceptors (Lipinski definition) is 6. The molecular weight excluding hydrogens is 333 g/mol. The lowest BCUT2D eigenvalue weighted by molar-refractivity contribution is 0.416. The zero-order valence-electron chi connectivity index (χ0n) is 13.2. The predicted octanol–water partition coefficient (Wildman–Crippen LogP) is 5.08. The monoisotopic (exact) mass is 349 g/mol. The maximum atomic E-state index is 13.5. The van der Waals surface area contributed by atoms with Crippen LogP contribution in [0.15, 0.2) is 18.2 Å². The fourth-order valence-corrected chi connectivity index (χ4v) is 4.17. The molecule has 0 fully saturated rings. The third kappa shape index (κ3) is 3.20. The molecule has 0 unspecified atom stereocenters. The number of nitrogens with zero attached hydrogens (tertiary/aromatic N) is 2. The van der Waals surface area contributed by atoms with Gasteiger partial charge in [0.25, 0.3) is 0 Å². The minimum Gasteiger partial charge on any atom is -0.495 e. The van der Waals surface area contributed by atoms with Crippen molar-refractivity contribution >= 4 is 33.5 Å². The van der Waals surface area contributed by atoms with Crippen molar-refractivity contribution in [1.82, 2.24) is 9.97 Å². The van der Waals surface area contributed by atoms with Crippen LogP contribution in [0.1, 0.15) is 15.6 Å². The van der Waals surface area contributed by atoms with E-state index in [0.29, 0.717) is 16.6 Å². The molecule has 0 bridgehead atoms. The maximum absolute atomic E-state index is 13.5. The van der Waals surface area contributed by atoms with Crippen LogP contribution in [-0.2, 0) is 0 Å². The van der Waals surface area contributed by atoms with Gasteiger partial charge in [-0.15, -0.1) is 22.7 Å². The first-order chi connectivity index (χ1) is 11.0. The van der Waals surface area contributed by atoms with Gasteiger partial charge in [-0.2, -0.15) is 0 Å². The minimum absolute atomic E-state index is 0.323. The molecule has 0 aliphatic rings. The van der Waals surface area contributed by atoms with Gasteiger partial charge in [0.2, 0.25) is 0 Å². The molecular formula is C16H16FN3OS2. The first-order valence-corrected chi connectivity index (χ1v) is 8.63. The molecule has 0 aliphatic heterocycles. The summed E-state index contributed by atoms with van der Waals surface area (Å²) in [5.41, 5.74) is 2.47.